The number of nitrogens with zero attached hydrogens (tertiary/aromatic N) is 1. The maximum Gasteiger partial charge on any atom is 0.330 e. The van der Waals surface area contributed by atoms with Crippen LogP contribution in [0.15, 0.2) is 66.7 Å². The van der Waals surface area contributed by atoms with Crippen molar-refractivity contribution >= 4 is 56.6 Å². The lowest BCUT2D eigenvalue weighted by molar-refractivity contribution is -0.152. The van der Waals surface area contributed by atoms with Gasteiger partial charge in [-0.3, -0.25) is 19.3 Å². The van der Waals surface area contributed by atoms with Gasteiger partial charge in [0.25, 0.3) is 11.8 Å². The summed E-state index contributed by atoms with van der Waals surface area (Å²) in [5, 5.41) is 0.0584. The fraction of sp³-hybridized carbons (Fsp3) is 0.214. The number of Topliss-reactive ketones (excluding diaryl/α,β-unsaturated/α-hetero) is 1. The summed E-state index contributed by atoms with van der Waals surface area (Å²) in [6.07, 6.45) is -0.892. The number of esters is 1. The minimum absolute atomic E-state index is 0.0292. The van der Waals surface area contributed by atoms with Crippen molar-refractivity contribution in [2.24, 2.45) is 0 Å². The minimum Gasteiger partial charge on any atom is -0.447 e. The summed E-state index contributed by atoms with van der Waals surface area (Å²) in [5.74, 6) is -3.88. The largest absolute Gasteiger partial charge is 0.447 e. The van der Waals surface area contributed by atoms with E-state index >= 15 is 0 Å². The van der Waals surface area contributed by atoms with Crippen molar-refractivity contribution in [3.63, 3.8) is 0 Å². The number of hydrogen-bond acceptors (Lipinski definition) is 7. The molecule has 4 rings (SSSR count). The van der Waals surface area contributed by atoms with Gasteiger partial charge in [-0.15, -0.1) is 0 Å². The van der Waals surface area contributed by atoms with Crippen LogP contribution in [0.5, 0.6) is 0 Å². The summed E-state index contributed by atoms with van der Waals surface area (Å²) in [5.41, 5.74) is 1.40. The molecule has 0 radical (unpaired) electrons. The zero-order chi connectivity index (χ0) is 28.5. The molecule has 8 nitrogen and oxygen atoms in total. The Bertz CT molecular complexity index is 1530. The Morgan fingerprint density at radius 1 is 0.897 bits per heavy atom. The highest BCUT2D eigenvalue weighted by Gasteiger charge is 2.45. The van der Waals surface area contributed by atoms with E-state index in [-0.39, 0.29) is 26.7 Å². The highest BCUT2D eigenvalue weighted by molar-refractivity contribution is 7.90. The summed E-state index contributed by atoms with van der Waals surface area (Å²) >= 11 is 12.1. The number of halogens is 2. The van der Waals surface area contributed by atoms with Crippen LogP contribution in [0.1, 0.15) is 54.7 Å². The molecule has 0 N–H and O–H groups in total. The molecule has 11 heteroatoms. The molecule has 39 heavy (non-hydrogen) atoms. The minimum atomic E-state index is -3.61. The molecule has 3 aromatic carbocycles. The number of aryl methyl sites for hydroxylation is 1. The lowest BCUT2D eigenvalue weighted by Crippen LogP contribution is -2.47. The number of rotatable bonds is 9. The van der Waals surface area contributed by atoms with E-state index in [1.165, 1.54) is 12.1 Å². The molecule has 0 fully saturated rings. The number of fused-ring (bicyclic) bond motifs is 1. The predicted molar refractivity (Wildman–Crippen MR) is 146 cm³/mol. The molecular formula is C28H23Cl2NO7S. The molecule has 2 atom stereocenters. The monoisotopic (exact) mass is 587 g/mol. The molecule has 0 aromatic heterocycles. The van der Waals surface area contributed by atoms with E-state index in [9.17, 15) is 27.6 Å². The quantitative estimate of drug-likeness (QED) is 0.199. The number of ether oxygens (including phenoxy) is 1. The van der Waals surface area contributed by atoms with Crippen LogP contribution < -0.4 is 0 Å². The zero-order valence-corrected chi connectivity index (χ0v) is 23.2. The topological polar surface area (TPSA) is 115 Å². The Morgan fingerprint density at radius 2 is 1.44 bits per heavy atom. The average Bonchev–Trinajstić information content (AvgIpc) is 3.12. The van der Waals surface area contributed by atoms with Gasteiger partial charge in [0.05, 0.1) is 26.9 Å². The van der Waals surface area contributed by atoms with Gasteiger partial charge in [0.1, 0.15) is 15.9 Å². The van der Waals surface area contributed by atoms with E-state index in [1.54, 1.807) is 54.6 Å². The summed E-state index contributed by atoms with van der Waals surface area (Å²) in [4.78, 5) is 54.3. The summed E-state index contributed by atoms with van der Waals surface area (Å²) < 4.78 is 29.6. The number of carbonyl (C=O) groups is 4. The average molecular weight is 588 g/mol. The van der Waals surface area contributed by atoms with E-state index in [1.807, 2.05) is 6.92 Å². The maximum atomic E-state index is 13.6. The smallest absolute Gasteiger partial charge is 0.330 e. The van der Waals surface area contributed by atoms with Crippen LogP contribution in [0.3, 0.4) is 0 Å². The Balaban J connectivity index is 1.72. The van der Waals surface area contributed by atoms with Gasteiger partial charge in [-0.05, 0) is 25.5 Å². The molecule has 2 amide bonds. The Hall–Kier alpha value is -3.53. The second kappa shape index (κ2) is 11.3. The van der Waals surface area contributed by atoms with E-state index < -0.39 is 57.7 Å². The summed E-state index contributed by atoms with van der Waals surface area (Å²) in [6, 6.07) is 15.7. The number of sulfone groups is 1. The van der Waals surface area contributed by atoms with Gasteiger partial charge in [-0.1, -0.05) is 83.4 Å². The summed E-state index contributed by atoms with van der Waals surface area (Å²) in [7, 11) is -3.61. The van der Waals surface area contributed by atoms with Crippen LogP contribution in [0.25, 0.3) is 0 Å². The SMILES string of the molecule is Cc1ccc(C(=O)[C@H](OC(=O)[C@@H](CCS(C)(=O)=O)N2C(=O)c3cc(Cl)c(Cl)cc3C2=O)c2ccccc2)cc1. The zero-order valence-electron chi connectivity index (χ0n) is 20.9. The van der Waals surface area contributed by atoms with Gasteiger partial charge < -0.3 is 4.74 Å². The van der Waals surface area contributed by atoms with Crippen LogP contribution in [-0.4, -0.2) is 54.9 Å². The normalized spacial score (nSPS) is 14.6. The molecule has 1 aliphatic rings. The third-order valence-electron chi connectivity index (χ3n) is 6.22. The van der Waals surface area contributed by atoms with Crippen LogP contribution in [0.2, 0.25) is 10.0 Å². The lowest BCUT2D eigenvalue weighted by Gasteiger charge is -2.27. The lowest BCUT2D eigenvalue weighted by atomic mass is 9.99. The Kier molecular flexibility index (Phi) is 8.25. The first-order valence-electron chi connectivity index (χ1n) is 11.8. The van der Waals surface area contributed by atoms with Gasteiger partial charge in [-0.25, -0.2) is 13.2 Å². The van der Waals surface area contributed by atoms with Crippen molar-refractivity contribution in [2.45, 2.75) is 25.5 Å². The highest BCUT2D eigenvalue weighted by Crippen LogP contribution is 2.34. The molecule has 0 bridgehead atoms. The van der Waals surface area contributed by atoms with E-state index in [2.05, 4.69) is 0 Å². The van der Waals surface area contributed by atoms with Gasteiger partial charge in [0, 0.05) is 17.4 Å². The first-order chi connectivity index (χ1) is 18.4. The Morgan fingerprint density at radius 3 is 1.95 bits per heavy atom. The molecule has 0 unspecified atom stereocenters. The van der Waals surface area contributed by atoms with Gasteiger partial charge >= 0.3 is 5.97 Å². The van der Waals surface area contributed by atoms with Crippen molar-refractivity contribution in [3.05, 3.63) is 105 Å². The maximum absolute atomic E-state index is 13.6. The third-order valence-corrected chi connectivity index (χ3v) is 7.91. The number of amides is 2. The predicted octanol–water partition coefficient (Wildman–Crippen LogP) is 4.87. The number of carbonyl (C=O) groups excluding carboxylic acids is 4. The molecule has 1 heterocycles. The molecule has 0 saturated heterocycles. The van der Waals surface area contributed by atoms with Crippen molar-refractivity contribution < 1.29 is 32.3 Å². The van der Waals surface area contributed by atoms with E-state index in [4.69, 9.17) is 27.9 Å². The fourth-order valence-electron chi connectivity index (χ4n) is 4.18. The summed E-state index contributed by atoms with van der Waals surface area (Å²) in [6.45, 7) is 1.86. The molecular weight excluding hydrogens is 565 g/mol. The van der Waals surface area contributed by atoms with Crippen molar-refractivity contribution in [2.75, 3.05) is 12.0 Å². The number of hydrogen-bond donors (Lipinski definition) is 0. The van der Waals surface area contributed by atoms with E-state index in [0.29, 0.717) is 10.5 Å². The molecule has 202 valence electrons. The number of imide groups is 1. The standard InChI is InChI=1S/C28H23Cl2NO7S/c1-16-8-10-17(11-9-16)24(32)25(18-6-4-3-5-7-18)38-28(35)23(12-13-39(2,36)37)31-26(33)19-14-21(29)22(30)15-20(19)27(31)34/h3-11,14-15,23,25H,12-13H2,1-2H3/t23-,25-/m1/s1. The van der Waals surface area contributed by atoms with Crippen LogP contribution in [-0.2, 0) is 19.4 Å². The first kappa shape index (κ1) is 28.5. The second-order valence-electron chi connectivity index (χ2n) is 9.18. The van der Waals surface area contributed by atoms with Gasteiger partial charge in [-0.2, -0.15) is 0 Å². The third kappa shape index (κ3) is 6.21. The van der Waals surface area contributed by atoms with Crippen molar-refractivity contribution in [3.8, 4) is 0 Å². The van der Waals surface area contributed by atoms with Crippen molar-refractivity contribution in [1.29, 1.82) is 0 Å². The highest BCUT2D eigenvalue weighted by atomic mass is 35.5. The van der Waals surface area contributed by atoms with Gasteiger partial charge in [0.2, 0.25) is 5.78 Å². The molecule has 3 aromatic rings. The van der Waals surface area contributed by atoms with Crippen LogP contribution in [0.4, 0.5) is 0 Å². The number of benzene rings is 3. The number of ketones is 1. The molecule has 0 aliphatic carbocycles. The first-order valence-corrected chi connectivity index (χ1v) is 14.6. The van der Waals surface area contributed by atoms with Crippen LogP contribution in [0, 0.1) is 6.92 Å². The van der Waals surface area contributed by atoms with Gasteiger partial charge in [0.15, 0.2) is 6.10 Å². The fourth-order valence-corrected chi connectivity index (χ4v) is 5.16. The van der Waals surface area contributed by atoms with Crippen LogP contribution >= 0.6 is 23.2 Å². The van der Waals surface area contributed by atoms with E-state index in [0.717, 1.165) is 11.8 Å². The molecule has 0 saturated carbocycles. The van der Waals surface area contributed by atoms with Crippen molar-refractivity contribution in [1.82, 2.24) is 4.90 Å². The Labute approximate surface area is 235 Å². The molecule has 1 aliphatic heterocycles. The second-order valence-corrected chi connectivity index (χ2v) is 12.3. The molecule has 0 spiro atoms.